The van der Waals surface area contributed by atoms with Crippen LogP contribution in [0.5, 0.6) is 0 Å². The van der Waals surface area contributed by atoms with Crippen LogP contribution in [0.3, 0.4) is 0 Å². The number of aliphatic hydroxyl groups is 2. The van der Waals surface area contributed by atoms with Crippen LogP contribution in [0.4, 0.5) is 0 Å². The molecule has 3 N–H and O–H groups in total. The Morgan fingerprint density at radius 2 is 0.500 bits per heavy atom. The molecule has 1 amide bonds. The van der Waals surface area contributed by atoms with Crippen LogP contribution in [0, 0.1) is 0 Å². The lowest BCUT2D eigenvalue weighted by molar-refractivity contribution is -0.123. The van der Waals surface area contributed by atoms with Crippen molar-refractivity contribution < 1.29 is 15.0 Å². The molecule has 0 saturated carbocycles. The van der Waals surface area contributed by atoms with E-state index in [0.29, 0.717) is 6.42 Å². The lowest BCUT2D eigenvalue weighted by atomic mass is 10.0. The highest BCUT2D eigenvalue weighted by Crippen LogP contribution is 2.20. The number of aliphatic hydroxyl groups excluding tert-OH is 2. The van der Waals surface area contributed by atoms with E-state index in [4.69, 9.17) is 0 Å². The van der Waals surface area contributed by atoms with Crippen molar-refractivity contribution >= 4 is 5.91 Å². The third-order valence-corrected chi connectivity index (χ3v) is 17.4. The number of unbranched alkanes of at least 4 members (excludes halogenated alkanes) is 60. The van der Waals surface area contributed by atoms with Crippen LogP contribution in [0.25, 0.3) is 0 Å². The molecule has 0 rings (SSSR count). The van der Waals surface area contributed by atoms with Gasteiger partial charge in [-0.2, -0.15) is 0 Å². The van der Waals surface area contributed by atoms with Gasteiger partial charge in [-0.25, -0.2) is 0 Å². The van der Waals surface area contributed by atoms with Crippen LogP contribution in [-0.4, -0.2) is 34.9 Å². The van der Waals surface area contributed by atoms with Gasteiger partial charge in [0.15, 0.2) is 0 Å². The van der Waals surface area contributed by atoms with E-state index in [2.05, 4.69) is 31.3 Å². The number of nitrogens with one attached hydrogen (secondary N) is 1. The molecule has 0 aliphatic rings. The van der Waals surface area contributed by atoms with E-state index in [1.807, 2.05) is 6.08 Å². The zero-order chi connectivity index (χ0) is 56.2. The molecular formula is C74H145NO3. The minimum absolute atomic E-state index is 0.0635. The molecule has 0 heterocycles. The second-order valence-electron chi connectivity index (χ2n) is 25.4. The number of carbonyl (C=O) groups excluding carboxylic acids is 1. The highest BCUT2D eigenvalue weighted by atomic mass is 16.3. The summed E-state index contributed by atoms with van der Waals surface area (Å²) in [6.45, 7) is 4.36. The fraction of sp³-hybridized carbons (Fsp3) is 0.932. The van der Waals surface area contributed by atoms with Crippen LogP contribution in [-0.2, 0) is 4.79 Å². The summed E-state index contributed by atoms with van der Waals surface area (Å²) in [5.74, 6) is -0.0635. The van der Waals surface area contributed by atoms with Gasteiger partial charge in [0.2, 0.25) is 5.91 Å². The Morgan fingerprint density at radius 3 is 0.744 bits per heavy atom. The standard InChI is InChI=1S/C74H145NO3/c1-3-5-7-9-11-13-15-17-19-21-23-25-27-29-31-33-35-37-38-40-42-44-46-48-50-52-54-56-58-60-62-64-66-68-70-74(78)75-72(71-76)73(77)69-67-65-63-61-59-57-55-53-51-49-47-45-43-41-39-36-34-32-30-28-26-24-22-20-18-16-14-12-10-8-6-4-2/h59,61,67,69,72-73,76-77H,3-58,60,62-66,68,70-71H2,1-2H3,(H,75,78)/b61-59+,69-67+. The molecule has 0 saturated heterocycles. The van der Waals surface area contributed by atoms with Crippen molar-refractivity contribution in [3.05, 3.63) is 24.3 Å². The van der Waals surface area contributed by atoms with E-state index >= 15 is 0 Å². The Kier molecular flexibility index (Phi) is 69.1. The van der Waals surface area contributed by atoms with Crippen LogP contribution in [0.2, 0.25) is 0 Å². The van der Waals surface area contributed by atoms with Crippen molar-refractivity contribution in [2.75, 3.05) is 6.61 Å². The number of rotatable bonds is 69. The van der Waals surface area contributed by atoms with Crippen molar-refractivity contribution in [3.63, 3.8) is 0 Å². The summed E-state index contributed by atoms with van der Waals surface area (Å²) in [7, 11) is 0. The lowest BCUT2D eigenvalue weighted by Crippen LogP contribution is -2.45. The number of hydrogen-bond donors (Lipinski definition) is 3. The van der Waals surface area contributed by atoms with Crippen molar-refractivity contribution in [1.29, 1.82) is 0 Å². The fourth-order valence-electron chi connectivity index (χ4n) is 11.9. The van der Waals surface area contributed by atoms with Gasteiger partial charge in [-0.15, -0.1) is 0 Å². The van der Waals surface area contributed by atoms with Gasteiger partial charge in [-0.3, -0.25) is 4.79 Å². The molecule has 0 aliphatic heterocycles. The SMILES string of the molecule is CCCCCCCCCCCCCCCCCCCCCCCCCCCC/C=C/CC/C=C/C(O)C(CO)NC(=O)CCCCCCCCCCCCCCCCCCCCCCCCCCCCCCCCCCCC. The normalized spacial score (nSPS) is 12.7. The molecule has 0 bridgehead atoms. The first-order chi connectivity index (χ1) is 38.7. The molecule has 0 fully saturated rings. The Bertz CT molecular complexity index is 1150. The smallest absolute Gasteiger partial charge is 0.220 e. The molecule has 2 atom stereocenters. The highest BCUT2D eigenvalue weighted by molar-refractivity contribution is 5.76. The molecule has 4 heteroatoms. The molecule has 0 aliphatic carbocycles. The van der Waals surface area contributed by atoms with Crippen LogP contribution in [0.1, 0.15) is 425 Å². The average Bonchev–Trinajstić information content (AvgIpc) is 3.44. The average molecular weight is 1100 g/mol. The number of hydrogen-bond acceptors (Lipinski definition) is 3. The summed E-state index contributed by atoms with van der Waals surface area (Å²) >= 11 is 0. The topological polar surface area (TPSA) is 69.6 Å². The summed E-state index contributed by atoms with van der Waals surface area (Å²) < 4.78 is 0. The molecule has 0 aromatic rings. The summed E-state index contributed by atoms with van der Waals surface area (Å²) in [5, 5.41) is 23.3. The third kappa shape index (κ3) is 65.7. The van der Waals surface area contributed by atoms with E-state index in [-0.39, 0.29) is 12.5 Å². The predicted octanol–water partition coefficient (Wildman–Crippen LogP) is 24.9. The van der Waals surface area contributed by atoms with E-state index in [9.17, 15) is 15.0 Å². The van der Waals surface area contributed by atoms with E-state index in [0.717, 1.165) is 32.1 Å². The maximum atomic E-state index is 12.5. The van der Waals surface area contributed by atoms with E-state index in [1.54, 1.807) is 6.08 Å². The fourth-order valence-corrected chi connectivity index (χ4v) is 11.9. The quantitative estimate of drug-likeness (QED) is 0.0420. The van der Waals surface area contributed by atoms with Gasteiger partial charge in [0.25, 0.3) is 0 Å². The minimum atomic E-state index is -0.862. The van der Waals surface area contributed by atoms with Gasteiger partial charge in [0.1, 0.15) is 0 Å². The Morgan fingerprint density at radius 1 is 0.295 bits per heavy atom. The molecule has 0 aromatic heterocycles. The first-order valence-electron chi connectivity index (χ1n) is 36.6. The van der Waals surface area contributed by atoms with Crippen LogP contribution < -0.4 is 5.32 Å². The summed E-state index contributed by atoms with van der Waals surface area (Å²) in [5.41, 5.74) is 0. The molecule has 0 spiro atoms. The van der Waals surface area contributed by atoms with Gasteiger partial charge in [-0.1, -0.05) is 411 Å². The molecule has 4 nitrogen and oxygen atoms in total. The largest absolute Gasteiger partial charge is 0.394 e. The first-order valence-corrected chi connectivity index (χ1v) is 36.6. The van der Waals surface area contributed by atoms with Gasteiger partial charge >= 0.3 is 0 Å². The highest BCUT2D eigenvalue weighted by Gasteiger charge is 2.18. The number of carbonyl (C=O) groups is 1. The second kappa shape index (κ2) is 70.1. The monoisotopic (exact) mass is 1100 g/mol. The summed E-state index contributed by atoms with van der Waals surface area (Å²) in [6, 6.07) is -0.638. The maximum absolute atomic E-state index is 12.5. The maximum Gasteiger partial charge on any atom is 0.220 e. The van der Waals surface area contributed by atoms with Crippen LogP contribution in [0.15, 0.2) is 24.3 Å². The molecular weight excluding hydrogens is 951 g/mol. The van der Waals surface area contributed by atoms with Gasteiger partial charge in [0.05, 0.1) is 18.8 Å². The van der Waals surface area contributed by atoms with Gasteiger partial charge < -0.3 is 15.5 Å². The molecule has 78 heavy (non-hydrogen) atoms. The van der Waals surface area contributed by atoms with Crippen LogP contribution >= 0.6 is 0 Å². The van der Waals surface area contributed by atoms with Crippen molar-refractivity contribution in [3.8, 4) is 0 Å². The lowest BCUT2D eigenvalue weighted by Gasteiger charge is -2.19. The predicted molar refractivity (Wildman–Crippen MR) is 350 cm³/mol. The van der Waals surface area contributed by atoms with Crippen molar-refractivity contribution in [2.24, 2.45) is 0 Å². The zero-order valence-corrected chi connectivity index (χ0v) is 53.7. The second-order valence-corrected chi connectivity index (χ2v) is 25.4. The minimum Gasteiger partial charge on any atom is -0.394 e. The van der Waals surface area contributed by atoms with Crippen molar-refractivity contribution in [1.82, 2.24) is 5.32 Å². The van der Waals surface area contributed by atoms with E-state index < -0.39 is 12.1 Å². The molecule has 464 valence electrons. The Labute approximate surface area is 491 Å². The zero-order valence-electron chi connectivity index (χ0n) is 53.7. The summed E-state index contributed by atoms with van der Waals surface area (Å²) in [6.07, 6.45) is 95.8. The van der Waals surface area contributed by atoms with Gasteiger partial charge in [0, 0.05) is 6.42 Å². The van der Waals surface area contributed by atoms with Gasteiger partial charge in [-0.05, 0) is 32.1 Å². The molecule has 0 aromatic carbocycles. The Hall–Kier alpha value is -1.13. The Balaban J connectivity index is 3.41. The van der Waals surface area contributed by atoms with E-state index in [1.165, 1.54) is 372 Å². The number of amides is 1. The summed E-state index contributed by atoms with van der Waals surface area (Å²) in [4.78, 5) is 12.5. The molecule has 2 unspecified atom stereocenters. The number of allylic oxidation sites excluding steroid dienone is 3. The molecule has 0 radical (unpaired) electrons. The third-order valence-electron chi connectivity index (χ3n) is 17.4. The first kappa shape index (κ1) is 76.9. The van der Waals surface area contributed by atoms with Crippen molar-refractivity contribution in [2.45, 2.75) is 437 Å².